The molecule has 1 aromatic carbocycles. The maximum absolute atomic E-state index is 11.8. The number of benzene rings is 1. The van der Waals surface area contributed by atoms with Crippen LogP contribution in [0.15, 0.2) is 48.1 Å². The van der Waals surface area contributed by atoms with Crippen LogP contribution in [0.3, 0.4) is 0 Å². The molecule has 1 aromatic rings. The molecule has 2 rings (SSSR count). The lowest BCUT2D eigenvalue weighted by Gasteiger charge is -2.34. The van der Waals surface area contributed by atoms with Crippen molar-refractivity contribution in [3.05, 3.63) is 53.6 Å². The summed E-state index contributed by atoms with van der Waals surface area (Å²) in [5, 5.41) is 10.5. The van der Waals surface area contributed by atoms with Crippen LogP contribution in [0.2, 0.25) is 0 Å². The van der Waals surface area contributed by atoms with Crippen molar-refractivity contribution >= 4 is 12.0 Å². The van der Waals surface area contributed by atoms with Crippen molar-refractivity contribution in [2.45, 2.75) is 38.7 Å². The fourth-order valence-electron chi connectivity index (χ4n) is 2.64. The number of carbonyl (C=O) groups is 1. The SMILES string of the molecule is CC1=CC[C@@H]([C@](C)(O)COC(=O)C=Cc2ccccc2)CC1. The first-order valence-electron chi connectivity index (χ1n) is 7.75. The van der Waals surface area contributed by atoms with Crippen molar-refractivity contribution in [3.63, 3.8) is 0 Å². The van der Waals surface area contributed by atoms with Gasteiger partial charge in [-0.25, -0.2) is 4.79 Å². The van der Waals surface area contributed by atoms with E-state index in [9.17, 15) is 9.90 Å². The van der Waals surface area contributed by atoms with Crippen LogP contribution in [-0.4, -0.2) is 23.3 Å². The van der Waals surface area contributed by atoms with Crippen molar-refractivity contribution in [2.75, 3.05) is 6.61 Å². The van der Waals surface area contributed by atoms with Gasteiger partial charge in [0.25, 0.3) is 0 Å². The Bertz CT molecular complexity index is 555. The summed E-state index contributed by atoms with van der Waals surface area (Å²) >= 11 is 0. The van der Waals surface area contributed by atoms with Gasteiger partial charge in [-0.15, -0.1) is 0 Å². The number of aliphatic hydroxyl groups is 1. The third-order valence-electron chi connectivity index (χ3n) is 4.24. The van der Waals surface area contributed by atoms with Crippen LogP contribution in [0.5, 0.6) is 0 Å². The zero-order chi connectivity index (χ0) is 16.0. The Morgan fingerprint density at radius 2 is 2.14 bits per heavy atom. The van der Waals surface area contributed by atoms with Gasteiger partial charge in [-0.05, 0) is 50.7 Å². The predicted octanol–water partition coefficient (Wildman–Crippen LogP) is 3.74. The highest BCUT2D eigenvalue weighted by Crippen LogP contribution is 2.32. The van der Waals surface area contributed by atoms with Crippen molar-refractivity contribution in [1.82, 2.24) is 0 Å². The van der Waals surface area contributed by atoms with E-state index in [0.29, 0.717) is 0 Å². The van der Waals surface area contributed by atoms with Crippen molar-refractivity contribution < 1.29 is 14.6 Å². The monoisotopic (exact) mass is 300 g/mol. The highest BCUT2D eigenvalue weighted by atomic mass is 16.5. The molecule has 22 heavy (non-hydrogen) atoms. The molecule has 2 atom stereocenters. The Labute approximate surface area is 132 Å². The molecule has 0 aromatic heterocycles. The molecule has 0 fully saturated rings. The van der Waals surface area contributed by atoms with Gasteiger partial charge in [-0.2, -0.15) is 0 Å². The van der Waals surface area contributed by atoms with Crippen molar-refractivity contribution in [3.8, 4) is 0 Å². The van der Waals surface area contributed by atoms with Gasteiger partial charge in [0.05, 0.1) is 5.60 Å². The first-order valence-corrected chi connectivity index (χ1v) is 7.75. The summed E-state index contributed by atoms with van der Waals surface area (Å²) in [5.41, 5.74) is 1.34. The molecule has 1 aliphatic rings. The molecule has 1 aliphatic carbocycles. The lowest BCUT2D eigenvalue weighted by molar-refractivity contribution is -0.148. The molecular weight excluding hydrogens is 276 g/mol. The largest absolute Gasteiger partial charge is 0.459 e. The lowest BCUT2D eigenvalue weighted by Crippen LogP contribution is -2.40. The molecular formula is C19H24O3. The number of hydrogen-bond acceptors (Lipinski definition) is 3. The van der Waals surface area contributed by atoms with Gasteiger partial charge in [-0.3, -0.25) is 0 Å². The van der Waals surface area contributed by atoms with Crippen molar-refractivity contribution in [1.29, 1.82) is 0 Å². The molecule has 0 saturated carbocycles. The van der Waals surface area contributed by atoms with Crippen LogP contribution in [0.4, 0.5) is 0 Å². The van der Waals surface area contributed by atoms with Gasteiger partial charge in [0.15, 0.2) is 0 Å². The number of ether oxygens (including phenoxy) is 1. The van der Waals surface area contributed by atoms with E-state index in [4.69, 9.17) is 4.74 Å². The van der Waals surface area contributed by atoms with E-state index in [2.05, 4.69) is 13.0 Å². The Balaban J connectivity index is 1.83. The summed E-state index contributed by atoms with van der Waals surface area (Å²) in [7, 11) is 0. The number of rotatable bonds is 5. The Kier molecular flexibility index (Phi) is 5.56. The molecule has 0 heterocycles. The quantitative estimate of drug-likeness (QED) is 0.512. The molecule has 0 amide bonds. The minimum atomic E-state index is -0.979. The minimum absolute atomic E-state index is 0.0303. The fourth-order valence-corrected chi connectivity index (χ4v) is 2.64. The second-order valence-electron chi connectivity index (χ2n) is 6.23. The van der Waals surface area contributed by atoms with Crippen LogP contribution < -0.4 is 0 Å². The smallest absolute Gasteiger partial charge is 0.330 e. The van der Waals surface area contributed by atoms with Gasteiger partial charge < -0.3 is 9.84 Å². The topological polar surface area (TPSA) is 46.5 Å². The highest BCUT2D eigenvalue weighted by Gasteiger charge is 2.33. The van der Waals surface area contributed by atoms with Crippen LogP contribution in [0.25, 0.3) is 6.08 Å². The number of esters is 1. The molecule has 0 unspecified atom stereocenters. The second-order valence-corrected chi connectivity index (χ2v) is 6.23. The summed E-state index contributed by atoms with van der Waals surface area (Å²) in [5.74, 6) is -0.284. The number of allylic oxidation sites excluding steroid dienone is 2. The molecule has 118 valence electrons. The minimum Gasteiger partial charge on any atom is -0.459 e. The molecule has 0 spiro atoms. The summed E-state index contributed by atoms with van der Waals surface area (Å²) in [6.45, 7) is 3.89. The molecule has 1 N–H and O–H groups in total. The zero-order valence-electron chi connectivity index (χ0n) is 13.3. The first kappa shape index (κ1) is 16.5. The first-order chi connectivity index (χ1) is 10.5. The van der Waals surface area contributed by atoms with Crippen LogP contribution in [0.1, 0.15) is 38.7 Å². The van der Waals surface area contributed by atoms with Gasteiger partial charge >= 0.3 is 5.97 Å². The molecule has 0 aliphatic heterocycles. The average molecular weight is 300 g/mol. The van der Waals surface area contributed by atoms with E-state index in [0.717, 1.165) is 24.8 Å². The number of hydrogen-bond donors (Lipinski definition) is 1. The molecule has 0 radical (unpaired) electrons. The maximum Gasteiger partial charge on any atom is 0.330 e. The third kappa shape index (κ3) is 4.85. The fraction of sp³-hybridized carbons (Fsp3) is 0.421. The Hall–Kier alpha value is -1.87. The zero-order valence-corrected chi connectivity index (χ0v) is 13.3. The highest BCUT2D eigenvalue weighted by molar-refractivity contribution is 5.87. The normalized spacial score (nSPS) is 21.2. The van der Waals surface area contributed by atoms with Crippen LogP contribution in [-0.2, 0) is 9.53 Å². The van der Waals surface area contributed by atoms with Gasteiger partial charge in [0.2, 0.25) is 0 Å². The van der Waals surface area contributed by atoms with Gasteiger partial charge in [0.1, 0.15) is 6.61 Å². The lowest BCUT2D eigenvalue weighted by atomic mass is 9.79. The van der Waals surface area contributed by atoms with E-state index < -0.39 is 11.6 Å². The third-order valence-corrected chi connectivity index (χ3v) is 4.24. The predicted molar refractivity (Wildman–Crippen MR) is 88.2 cm³/mol. The van der Waals surface area contributed by atoms with E-state index in [1.54, 1.807) is 13.0 Å². The summed E-state index contributed by atoms with van der Waals surface area (Å²) < 4.78 is 5.21. The van der Waals surface area contributed by atoms with Crippen LogP contribution in [0, 0.1) is 5.92 Å². The van der Waals surface area contributed by atoms with Gasteiger partial charge in [-0.1, -0.05) is 42.0 Å². The standard InChI is InChI=1S/C19H24O3/c1-15-8-11-17(12-9-15)19(2,21)14-22-18(20)13-10-16-6-4-3-5-7-16/h3-8,10,13,17,21H,9,11-12,14H2,1-2H3/t17-,19-/m1/s1. The van der Waals surface area contributed by atoms with E-state index in [1.807, 2.05) is 30.3 Å². The van der Waals surface area contributed by atoms with Gasteiger partial charge in [0, 0.05) is 6.08 Å². The van der Waals surface area contributed by atoms with Crippen LogP contribution >= 0.6 is 0 Å². The Morgan fingerprint density at radius 3 is 2.77 bits per heavy atom. The average Bonchev–Trinajstić information content (AvgIpc) is 2.52. The number of carbonyl (C=O) groups excluding carboxylic acids is 1. The summed E-state index contributed by atoms with van der Waals surface area (Å²) in [6.07, 6.45) is 8.06. The van der Waals surface area contributed by atoms with E-state index in [-0.39, 0.29) is 12.5 Å². The molecule has 0 saturated heterocycles. The molecule has 3 nitrogen and oxygen atoms in total. The van der Waals surface area contributed by atoms with E-state index >= 15 is 0 Å². The second kappa shape index (κ2) is 7.41. The molecule has 3 heteroatoms. The summed E-state index contributed by atoms with van der Waals surface area (Å²) in [4.78, 5) is 11.8. The van der Waals surface area contributed by atoms with Crippen molar-refractivity contribution in [2.24, 2.45) is 5.92 Å². The summed E-state index contributed by atoms with van der Waals surface area (Å²) in [6, 6.07) is 9.57. The maximum atomic E-state index is 11.8. The Morgan fingerprint density at radius 1 is 1.41 bits per heavy atom. The molecule has 0 bridgehead atoms. The van der Waals surface area contributed by atoms with E-state index in [1.165, 1.54) is 11.6 Å².